The number of halogens is 2. The molecule has 3 aliphatic rings. The Morgan fingerprint density at radius 2 is 1.76 bits per heavy atom. The molecule has 3 aliphatic carbocycles. The van der Waals surface area contributed by atoms with Crippen LogP contribution in [0, 0.1) is 11.8 Å². The second-order valence-electron chi connectivity index (χ2n) is 10.5. The minimum atomic E-state index is -3.05. The first-order valence-corrected chi connectivity index (χ1v) is 13.2. The van der Waals surface area contributed by atoms with Gasteiger partial charge >= 0.3 is 5.97 Å². The van der Waals surface area contributed by atoms with Crippen LogP contribution in [0.4, 0.5) is 5.69 Å². The molecule has 0 bridgehead atoms. The van der Waals surface area contributed by atoms with Crippen LogP contribution >= 0.6 is 32.9 Å². The Balaban J connectivity index is 0.00000484. The lowest BCUT2D eigenvalue weighted by atomic mass is 9.54. The number of aliphatic hydroxyl groups excluding tert-OH is 3. The number of nitrogens with one attached hydrogen (secondary N) is 1. The molecule has 6 unspecified atom stereocenters. The number of carboxylic acid groups (broad SMARTS) is 1. The van der Waals surface area contributed by atoms with Crippen LogP contribution in [0.2, 0.25) is 0 Å². The second-order valence-corrected chi connectivity index (χ2v) is 11.6. The predicted molar refractivity (Wildman–Crippen MR) is 154 cm³/mol. The largest absolute Gasteiger partial charge is 0.508 e. The van der Waals surface area contributed by atoms with E-state index in [0.717, 1.165) is 0 Å². The fourth-order valence-corrected chi connectivity index (χ4v) is 6.57. The van der Waals surface area contributed by atoms with Crippen LogP contribution in [0.1, 0.15) is 30.4 Å². The van der Waals surface area contributed by atoms with Gasteiger partial charge in [0.25, 0.3) is 5.91 Å². The van der Waals surface area contributed by atoms with Crippen molar-refractivity contribution in [2.24, 2.45) is 17.6 Å². The number of nitrogens with zero attached hydrogens (tertiary/aromatic N) is 1. The van der Waals surface area contributed by atoms with Gasteiger partial charge in [0.2, 0.25) is 11.7 Å². The summed E-state index contributed by atoms with van der Waals surface area (Å²) >= 11 is 2.94. The lowest BCUT2D eigenvalue weighted by Gasteiger charge is -2.53. The van der Waals surface area contributed by atoms with E-state index >= 15 is 0 Å². The molecule has 1 fully saturated rings. The SMILES string of the molecule is Br.CC1c2ccc(NC(=O)[C@@H](Br)CC(=O)O)c(O)c2C(O)=C2C(=O)C3(O)C(O)=C(C(N)=O)C(=O)C(N(C)C)C3C(O)C21. The summed E-state index contributed by atoms with van der Waals surface area (Å²) in [5.41, 5.74) is 0.323. The Morgan fingerprint density at radius 3 is 2.29 bits per heavy atom. The molecule has 42 heavy (non-hydrogen) atoms. The molecule has 228 valence electrons. The molecule has 0 aliphatic heterocycles. The summed E-state index contributed by atoms with van der Waals surface area (Å²) in [6, 6.07) is 1.23. The number of aliphatic carboxylic acids is 1. The molecule has 1 aromatic rings. The molecule has 0 heterocycles. The third kappa shape index (κ3) is 4.70. The number of rotatable bonds is 6. The minimum absolute atomic E-state index is 0. The maximum atomic E-state index is 14.0. The van der Waals surface area contributed by atoms with Gasteiger partial charge in [0.1, 0.15) is 27.7 Å². The Hall–Kier alpha value is -3.31. The number of nitrogens with two attached hydrogens (primary N) is 1. The molecular formula is C26H29Br2N3O11. The number of carboxylic acids is 1. The highest BCUT2D eigenvalue weighted by Gasteiger charge is 2.68. The number of ketones is 2. The van der Waals surface area contributed by atoms with Gasteiger partial charge in [0, 0.05) is 11.5 Å². The van der Waals surface area contributed by atoms with E-state index in [2.05, 4.69) is 21.2 Å². The summed E-state index contributed by atoms with van der Waals surface area (Å²) in [6.45, 7) is 1.57. The summed E-state index contributed by atoms with van der Waals surface area (Å²) in [7, 11) is 2.82. The number of benzene rings is 1. The van der Waals surface area contributed by atoms with Gasteiger partial charge in [-0.2, -0.15) is 0 Å². The van der Waals surface area contributed by atoms with Crippen molar-refractivity contribution in [1.29, 1.82) is 0 Å². The molecule has 2 amide bonds. The molecule has 4 rings (SSSR count). The van der Waals surface area contributed by atoms with Crippen molar-refractivity contribution in [3.63, 3.8) is 0 Å². The molecular weight excluding hydrogens is 690 g/mol. The Labute approximate surface area is 257 Å². The van der Waals surface area contributed by atoms with E-state index in [9.17, 15) is 49.5 Å². The summed E-state index contributed by atoms with van der Waals surface area (Å²) in [6.07, 6.45) is -2.31. The number of carbonyl (C=O) groups is 5. The molecule has 16 heteroatoms. The first kappa shape index (κ1) is 33.2. The molecule has 7 atom stereocenters. The van der Waals surface area contributed by atoms with Crippen LogP contribution in [-0.4, -0.2) is 102 Å². The number of aromatic hydroxyl groups is 1. The van der Waals surface area contributed by atoms with Crippen LogP contribution in [0.3, 0.4) is 0 Å². The summed E-state index contributed by atoms with van der Waals surface area (Å²) in [5.74, 6) is -12.5. The number of hydrogen-bond donors (Lipinski definition) is 8. The van der Waals surface area contributed by atoms with Gasteiger partial charge in [-0.05, 0) is 31.6 Å². The van der Waals surface area contributed by atoms with E-state index in [1.54, 1.807) is 6.92 Å². The van der Waals surface area contributed by atoms with E-state index in [1.807, 2.05) is 0 Å². The Bertz CT molecular complexity index is 1470. The fourth-order valence-electron chi connectivity index (χ4n) is 6.17. The number of alkyl halides is 1. The first-order chi connectivity index (χ1) is 19.0. The summed E-state index contributed by atoms with van der Waals surface area (Å²) in [5, 5.41) is 67.8. The zero-order chi connectivity index (χ0) is 30.9. The van der Waals surface area contributed by atoms with E-state index in [4.69, 9.17) is 10.8 Å². The van der Waals surface area contributed by atoms with Gasteiger partial charge in [-0.15, -0.1) is 17.0 Å². The number of fused-ring (bicyclic) bond motifs is 3. The van der Waals surface area contributed by atoms with E-state index in [0.29, 0.717) is 0 Å². The van der Waals surface area contributed by atoms with E-state index in [-0.39, 0.29) is 33.8 Å². The van der Waals surface area contributed by atoms with Crippen molar-refractivity contribution in [1.82, 2.24) is 4.90 Å². The van der Waals surface area contributed by atoms with Gasteiger partial charge in [0.15, 0.2) is 11.4 Å². The molecule has 0 radical (unpaired) electrons. The van der Waals surface area contributed by atoms with Gasteiger partial charge in [0.05, 0.1) is 35.7 Å². The standard InChI is InChI=1S/C26H28BrN3O11.BrH/c1-7-8-4-5-10(29-25(40)9(27)6-11(31)32)18(33)13(8)19(34)14-12(7)20(35)16-17(30(2)3)21(36)15(24(28)39)23(38)26(16,41)22(14)37;/h4-5,7,9,12,16-17,20,33-35,38,41H,6H2,1-3H3,(H2,28,39)(H,29,40)(H,31,32);1H/t7?,9-,12?,16?,17?,20?,26?;/m0./s1. The van der Waals surface area contributed by atoms with Gasteiger partial charge in [-0.3, -0.25) is 28.9 Å². The number of primary amides is 1. The lowest BCUT2D eigenvalue weighted by molar-refractivity contribution is -0.169. The van der Waals surface area contributed by atoms with Gasteiger partial charge in [-0.25, -0.2) is 0 Å². The van der Waals surface area contributed by atoms with Crippen molar-refractivity contribution in [2.45, 2.75) is 41.8 Å². The zero-order valence-corrected chi connectivity index (χ0v) is 25.7. The number of hydrogen-bond acceptors (Lipinski definition) is 11. The Kier molecular flexibility index (Phi) is 9.02. The quantitative estimate of drug-likeness (QED) is 0.112. The third-order valence-corrected chi connectivity index (χ3v) is 8.77. The molecule has 0 saturated heterocycles. The maximum Gasteiger partial charge on any atom is 0.305 e. The van der Waals surface area contributed by atoms with Crippen LogP contribution < -0.4 is 11.1 Å². The number of carbonyl (C=O) groups excluding carboxylic acids is 4. The van der Waals surface area contributed by atoms with Crippen molar-refractivity contribution in [3.05, 3.63) is 40.2 Å². The van der Waals surface area contributed by atoms with E-state index < -0.39 is 105 Å². The van der Waals surface area contributed by atoms with Crippen molar-refractivity contribution < 1.29 is 54.6 Å². The average molecular weight is 719 g/mol. The van der Waals surface area contributed by atoms with Gasteiger partial charge < -0.3 is 41.7 Å². The summed E-state index contributed by atoms with van der Waals surface area (Å²) < 4.78 is 0. The van der Waals surface area contributed by atoms with Crippen molar-refractivity contribution >= 4 is 73.7 Å². The predicted octanol–water partition coefficient (Wildman–Crippen LogP) is 0.250. The first-order valence-electron chi connectivity index (χ1n) is 12.3. The third-order valence-electron chi connectivity index (χ3n) is 8.03. The van der Waals surface area contributed by atoms with Crippen molar-refractivity contribution in [2.75, 3.05) is 19.4 Å². The fraction of sp³-hybridized carbons (Fsp3) is 0.423. The second kappa shape index (κ2) is 11.4. The molecule has 1 saturated carbocycles. The molecule has 1 aromatic carbocycles. The Morgan fingerprint density at radius 1 is 1.17 bits per heavy atom. The minimum Gasteiger partial charge on any atom is -0.508 e. The van der Waals surface area contributed by atoms with Crippen LogP contribution in [0.15, 0.2) is 29.0 Å². The van der Waals surface area contributed by atoms with Gasteiger partial charge in [-0.1, -0.05) is 28.9 Å². The van der Waals surface area contributed by atoms with Crippen LogP contribution in [-0.2, 0) is 24.0 Å². The highest BCUT2D eigenvalue weighted by Crippen LogP contribution is 2.56. The topological polar surface area (TPSA) is 248 Å². The number of likely N-dealkylation sites (N-methyl/N-ethyl adjacent to an activating group) is 1. The maximum absolute atomic E-state index is 14.0. The summed E-state index contributed by atoms with van der Waals surface area (Å²) in [4.78, 5) is 62.8. The number of phenols is 1. The normalized spacial score (nSPS) is 29.3. The van der Waals surface area contributed by atoms with Crippen LogP contribution in [0.25, 0.3) is 5.76 Å². The number of anilines is 1. The lowest BCUT2D eigenvalue weighted by Crippen LogP contribution is -2.70. The number of Topliss-reactive ketones (excluding diaryl/α,β-unsaturated/α-hetero) is 2. The molecule has 9 N–H and O–H groups in total. The smallest absolute Gasteiger partial charge is 0.305 e. The number of amides is 2. The average Bonchev–Trinajstić information content (AvgIpc) is 2.86. The highest BCUT2D eigenvalue weighted by atomic mass is 79.9. The van der Waals surface area contributed by atoms with Crippen molar-refractivity contribution in [3.8, 4) is 5.75 Å². The molecule has 14 nitrogen and oxygen atoms in total. The monoisotopic (exact) mass is 717 g/mol. The number of phenolic OH excluding ortho intramolecular Hbond substituents is 1. The molecule has 0 spiro atoms. The van der Waals surface area contributed by atoms with E-state index in [1.165, 1.54) is 31.1 Å². The zero-order valence-electron chi connectivity index (χ0n) is 22.4. The van der Waals surface area contributed by atoms with Crippen LogP contribution in [0.5, 0.6) is 5.75 Å². The molecule has 0 aromatic heterocycles. The number of aliphatic hydroxyl groups is 4. The highest BCUT2D eigenvalue weighted by molar-refractivity contribution is 9.10.